The number of nitrogens with one attached hydrogen (secondary N) is 5. The number of nitrogens with zero attached hydrogens (tertiary/aromatic N) is 5. The minimum absolute atomic E-state index is 0.0223. The van der Waals surface area contributed by atoms with Gasteiger partial charge in [0.15, 0.2) is 0 Å². The topological polar surface area (TPSA) is 151 Å². The maximum absolute atomic E-state index is 14.0. The molecule has 358 valence electrons. The van der Waals surface area contributed by atoms with Gasteiger partial charge >= 0.3 is 0 Å². The van der Waals surface area contributed by atoms with Crippen LogP contribution < -0.4 is 31.5 Å². The van der Waals surface area contributed by atoms with Crippen molar-refractivity contribution in [2.75, 3.05) is 45.9 Å². The van der Waals surface area contributed by atoms with E-state index < -0.39 is 0 Å². The van der Waals surface area contributed by atoms with Gasteiger partial charge in [-0.2, -0.15) is 5.26 Å². The first kappa shape index (κ1) is 46.9. The Morgan fingerprint density at radius 3 is 2.52 bits per heavy atom. The van der Waals surface area contributed by atoms with Crippen molar-refractivity contribution in [1.82, 2.24) is 41.5 Å². The number of hydrogen-bond donors (Lipinski definition) is 5. The molecule has 7 aliphatic heterocycles. The van der Waals surface area contributed by atoms with E-state index in [4.69, 9.17) is 30.8 Å². The van der Waals surface area contributed by atoms with Crippen LogP contribution in [0.4, 0.5) is 0 Å². The number of likely N-dealkylation sites (tertiary alicyclic amines) is 2. The van der Waals surface area contributed by atoms with Gasteiger partial charge in [0.1, 0.15) is 30.4 Å². The van der Waals surface area contributed by atoms with Crippen molar-refractivity contribution in [3.8, 4) is 11.8 Å². The summed E-state index contributed by atoms with van der Waals surface area (Å²) in [4.78, 5) is 26.9. The maximum Gasteiger partial charge on any atom is 0.228 e. The normalized spacial score (nSPS) is 37.7. The number of benzene rings is 2. The zero-order chi connectivity index (χ0) is 46.1. The highest BCUT2D eigenvalue weighted by Gasteiger charge is 2.68. The van der Waals surface area contributed by atoms with Crippen LogP contribution in [0.1, 0.15) is 90.8 Å². The highest BCUT2D eigenvalue weighted by molar-refractivity contribution is 8.00. The van der Waals surface area contributed by atoms with E-state index in [2.05, 4.69) is 132 Å². The van der Waals surface area contributed by atoms with Gasteiger partial charge in [-0.05, 0) is 61.8 Å². The number of ether oxygens (including phenoxy) is 3. The maximum atomic E-state index is 14.0. The van der Waals surface area contributed by atoms with Crippen LogP contribution in [0.5, 0.6) is 5.75 Å². The second-order valence-electron chi connectivity index (χ2n) is 21.5. The number of aliphatic imine (C=N–C) groups is 1. The molecule has 11 atom stereocenters. The lowest BCUT2D eigenvalue weighted by atomic mass is 9.49. The average molecular weight is 944 g/mol. The van der Waals surface area contributed by atoms with E-state index in [9.17, 15) is 10.1 Å². The summed E-state index contributed by atoms with van der Waals surface area (Å²) in [7, 11) is 0. The van der Waals surface area contributed by atoms with Crippen molar-refractivity contribution in [3.05, 3.63) is 64.2 Å². The number of thioether (sulfide) groups is 1. The van der Waals surface area contributed by atoms with E-state index in [1.807, 2.05) is 6.07 Å². The van der Waals surface area contributed by atoms with Gasteiger partial charge in [-0.25, -0.2) is 10.9 Å². The Morgan fingerprint density at radius 1 is 1.03 bits per heavy atom. The first-order valence-electron chi connectivity index (χ1n) is 24.7. The summed E-state index contributed by atoms with van der Waals surface area (Å²) in [6.45, 7) is 21.5. The Morgan fingerprint density at radius 2 is 1.80 bits per heavy atom. The number of hydrogen-bond acceptors (Lipinski definition) is 14. The molecule has 2 aromatic rings. The number of fused-ring (bicyclic) bond motifs is 4. The number of piperidine rings is 1. The second kappa shape index (κ2) is 18.8. The molecule has 66 heavy (non-hydrogen) atoms. The summed E-state index contributed by atoms with van der Waals surface area (Å²) in [6.07, 6.45) is 5.35. The Balaban J connectivity index is 0.693. The number of carbonyl (C=O) groups excluding carboxylic acids is 1. The van der Waals surface area contributed by atoms with Gasteiger partial charge < -0.3 is 19.1 Å². The van der Waals surface area contributed by atoms with Crippen LogP contribution in [0, 0.1) is 39.9 Å². The summed E-state index contributed by atoms with van der Waals surface area (Å²) < 4.78 is 19.1. The van der Waals surface area contributed by atoms with Crippen molar-refractivity contribution in [2.45, 2.75) is 146 Å². The SMILES string of the molecule is CC1SC2C(C(c3ccc(CCCOC4CCN(C5NCC6C(=O)N(C7C(C)(C)C(Oc8ccc(C#N)c(Cl)c8)C7(C)C)CC6N5)CC4)cc3)=NC(CC3NCCO3)C3NNC(C)N32)C1C. The molecule has 8 aliphatic rings. The first-order valence-corrected chi connectivity index (χ1v) is 26.0. The monoisotopic (exact) mass is 943 g/mol. The smallest absolute Gasteiger partial charge is 0.228 e. The molecule has 16 heteroatoms. The van der Waals surface area contributed by atoms with Crippen molar-refractivity contribution < 1.29 is 19.0 Å². The van der Waals surface area contributed by atoms with Crippen LogP contribution in [0.15, 0.2) is 47.5 Å². The van der Waals surface area contributed by atoms with Crippen LogP contribution in [-0.2, 0) is 20.7 Å². The summed E-state index contributed by atoms with van der Waals surface area (Å²) in [5, 5.41) is 21.7. The minimum atomic E-state index is -0.284. The van der Waals surface area contributed by atoms with E-state index in [0.29, 0.717) is 51.9 Å². The Labute approximate surface area is 401 Å². The van der Waals surface area contributed by atoms with E-state index >= 15 is 0 Å². The standard InChI is InChI=1S/C50H71ClN10O4S/c1-28-29(2)66-45-41(28)42(55-38(24-40-53-18-22-64-40)43-58-57-30(3)61(43)45)32-12-10-31(11-13-32)9-8-21-63-34-16-19-59(20-17-34)48-54-26-36-39(56-48)27-60(44(36)62)46-49(4,5)47(50(46,6)7)65-35-15-14-33(25-52)37(51)23-35/h10-15,23,28-30,34,36,38-41,43,45-48,53-54,56-58H,8-9,16-22,24,26-27H2,1-7H3. The molecule has 11 unspecified atom stereocenters. The molecular formula is C50H71ClN10O4S. The van der Waals surface area contributed by atoms with Crippen molar-refractivity contribution in [2.24, 2.45) is 33.6 Å². The van der Waals surface area contributed by atoms with Crippen LogP contribution in [-0.4, -0.2) is 138 Å². The molecule has 1 saturated carbocycles. The largest absolute Gasteiger partial charge is 0.489 e. The summed E-state index contributed by atoms with van der Waals surface area (Å²) in [5.41, 5.74) is 10.9. The molecule has 0 spiro atoms. The van der Waals surface area contributed by atoms with Gasteiger partial charge in [-0.15, -0.1) is 11.8 Å². The Hall–Kier alpha value is -2.85. The molecule has 2 aromatic carbocycles. The van der Waals surface area contributed by atoms with Gasteiger partial charge in [0.25, 0.3) is 0 Å². The highest BCUT2D eigenvalue weighted by atomic mass is 35.5. The van der Waals surface area contributed by atoms with Crippen LogP contribution >= 0.6 is 23.4 Å². The van der Waals surface area contributed by atoms with Crippen molar-refractivity contribution in [3.63, 3.8) is 0 Å². The minimum Gasteiger partial charge on any atom is -0.489 e. The van der Waals surface area contributed by atoms with Gasteiger partial charge in [0.05, 0.1) is 53.0 Å². The van der Waals surface area contributed by atoms with Crippen LogP contribution in [0.3, 0.4) is 0 Å². The number of nitriles is 1. The number of hydrazine groups is 1. The molecule has 10 rings (SSSR count). The summed E-state index contributed by atoms with van der Waals surface area (Å²) >= 11 is 8.45. The molecule has 0 radical (unpaired) electrons. The fourth-order valence-electron chi connectivity index (χ4n) is 13.4. The van der Waals surface area contributed by atoms with Crippen molar-refractivity contribution in [1.29, 1.82) is 5.26 Å². The quantitative estimate of drug-likeness (QED) is 0.180. The van der Waals surface area contributed by atoms with Crippen LogP contribution in [0.2, 0.25) is 5.02 Å². The predicted molar refractivity (Wildman–Crippen MR) is 259 cm³/mol. The van der Waals surface area contributed by atoms with E-state index in [-0.39, 0.29) is 77.8 Å². The number of halogens is 1. The average Bonchev–Trinajstić information content (AvgIpc) is 4.08. The lowest BCUT2D eigenvalue weighted by Crippen LogP contribution is -2.75. The molecule has 7 fully saturated rings. The summed E-state index contributed by atoms with van der Waals surface area (Å²) in [5.74, 6) is 1.63. The molecule has 7 heterocycles. The Kier molecular flexibility index (Phi) is 13.4. The highest BCUT2D eigenvalue weighted by Crippen LogP contribution is 2.59. The second-order valence-corrected chi connectivity index (χ2v) is 23.4. The summed E-state index contributed by atoms with van der Waals surface area (Å²) in [6, 6.07) is 16.8. The van der Waals surface area contributed by atoms with E-state index in [1.165, 1.54) is 16.8 Å². The lowest BCUT2D eigenvalue weighted by Gasteiger charge is -2.65. The fraction of sp³-hybridized carbons (Fsp3) is 0.700. The van der Waals surface area contributed by atoms with E-state index in [1.54, 1.807) is 12.1 Å². The molecule has 5 N–H and O–H groups in total. The van der Waals surface area contributed by atoms with Crippen LogP contribution in [0.25, 0.3) is 0 Å². The molecule has 1 aliphatic carbocycles. The molecule has 0 bridgehead atoms. The number of rotatable bonds is 12. The number of amides is 1. The van der Waals surface area contributed by atoms with E-state index in [0.717, 1.165) is 65.0 Å². The number of carbonyl (C=O) groups is 1. The van der Waals surface area contributed by atoms with Gasteiger partial charge in [-0.1, -0.05) is 77.4 Å². The third kappa shape index (κ3) is 8.63. The third-order valence-electron chi connectivity index (χ3n) is 16.5. The van der Waals surface area contributed by atoms with Gasteiger partial charge in [0, 0.05) is 91.6 Å². The Bertz CT molecular complexity index is 2140. The molecule has 6 saturated heterocycles. The number of aryl methyl sites for hydroxylation is 1. The fourth-order valence-corrected chi connectivity index (χ4v) is 15.5. The molecule has 14 nitrogen and oxygen atoms in total. The van der Waals surface area contributed by atoms with Crippen molar-refractivity contribution >= 4 is 35.0 Å². The van der Waals surface area contributed by atoms with Gasteiger partial charge in [-0.3, -0.25) is 35.5 Å². The predicted octanol–water partition coefficient (Wildman–Crippen LogP) is 5.11. The zero-order valence-electron chi connectivity index (χ0n) is 39.8. The van der Waals surface area contributed by atoms with Gasteiger partial charge in [0.2, 0.25) is 5.91 Å². The first-order chi connectivity index (χ1) is 31.7. The zero-order valence-corrected chi connectivity index (χ0v) is 41.3. The molecule has 1 amide bonds. The lowest BCUT2D eigenvalue weighted by molar-refractivity contribution is -0.208. The third-order valence-corrected chi connectivity index (χ3v) is 18.5. The molecular weight excluding hydrogens is 872 g/mol. The molecule has 0 aromatic heterocycles.